The number of hydrogen-bond acceptors (Lipinski definition) is 3. The SMILES string of the molecule is CC(C)(C)OC(=O)N1CCn2cnc(I)c2[C@H]1CCc1ccc(C(F)(F)F)cc1. The summed E-state index contributed by atoms with van der Waals surface area (Å²) in [6.07, 6.45) is -1.89. The Bertz CT molecular complexity index is 873. The Labute approximate surface area is 181 Å². The molecule has 2 heterocycles. The van der Waals surface area contributed by atoms with Gasteiger partial charge >= 0.3 is 12.3 Å². The summed E-state index contributed by atoms with van der Waals surface area (Å²) in [5.41, 5.74) is 0.449. The van der Waals surface area contributed by atoms with Crippen molar-refractivity contribution in [2.45, 2.75) is 58.0 Å². The fourth-order valence-electron chi connectivity index (χ4n) is 3.39. The minimum Gasteiger partial charge on any atom is -0.444 e. The van der Waals surface area contributed by atoms with Gasteiger partial charge < -0.3 is 9.30 Å². The summed E-state index contributed by atoms with van der Waals surface area (Å²) >= 11 is 2.15. The number of amides is 1. The van der Waals surface area contributed by atoms with E-state index >= 15 is 0 Å². The van der Waals surface area contributed by atoms with E-state index in [1.165, 1.54) is 12.1 Å². The van der Waals surface area contributed by atoms with Crippen molar-refractivity contribution in [3.05, 3.63) is 51.1 Å². The first kappa shape index (κ1) is 21.9. The highest BCUT2D eigenvalue weighted by Crippen LogP contribution is 2.34. The van der Waals surface area contributed by atoms with Crippen LogP contribution in [0.15, 0.2) is 30.6 Å². The quantitative estimate of drug-likeness (QED) is 0.507. The number of imidazole rings is 1. The molecule has 0 bridgehead atoms. The third-order valence-electron chi connectivity index (χ3n) is 4.72. The second-order valence-corrected chi connectivity index (χ2v) is 9.06. The lowest BCUT2D eigenvalue weighted by Gasteiger charge is -2.37. The summed E-state index contributed by atoms with van der Waals surface area (Å²) in [7, 11) is 0. The van der Waals surface area contributed by atoms with Crippen molar-refractivity contribution in [3.8, 4) is 0 Å². The average molecular weight is 521 g/mol. The highest BCUT2D eigenvalue weighted by molar-refractivity contribution is 14.1. The lowest BCUT2D eigenvalue weighted by atomic mass is 9.99. The number of carbonyl (C=O) groups is 1. The Morgan fingerprint density at radius 1 is 1.21 bits per heavy atom. The number of fused-ring (bicyclic) bond motifs is 1. The summed E-state index contributed by atoms with van der Waals surface area (Å²) in [4.78, 5) is 18.8. The van der Waals surface area contributed by atoms with Crippen molar-refractivity contribution in [1.29, 1.82) is 0 Å². The first-order valence-corrected chi connectivity index (χ1v) is 10.4. The maximum Gasteiger partial charge on any atom is 0.416 e. The fraction of sp³-hybridized carbons (Fsp3) is 0.500. The van der Waals surface area contributed by atoms with Gasteiger partial charge in [0.1, 0.15) is 9.30 Å². The van der Waals surface area contributed by atoms with Crippen LogP contribution in [0.4, 0.5) is 18.0 Å². The van der Waals surface area contributed by atoms with Crippen LogP contribution in [-0.2, 0) is 23.9 Å². The summed E-state index contributed by atoms with van der Waals surface area (Å²) in [5.74, 6) is 0. The largest absolute Gasteiger partial charge is 0.444 e. The molecule has 0 fully saturated rings. The van der Waals surface area contributed by atoms with Crippen LogP contribution in [0.1, 0.15) is 50.1 Å². The molecule has 9 heteroatoms. The van der Waals surface area contributed by atoms with Crippen molar-refractivity contribution in [1.82, 2.24) is 14.5 Å². The number of alkyl halides is 3. The Morgan fingerprint density at radius 2 is 1.86 bits per heavy atom. The average Bonchev–Trinajstić information content (AvgIpc) is 2.99. The Hall–Kier alpha value is -1.78. The zero-order chi connectivity index (χ0) is 21.4. The molecule has 2 aromatic rings. The summed E-state index contributed by atoms with van der Waals surface area (Å²) in [6, 6.07) is 4.92. The van der Waals surface area contributed by atoms with Crippen molar-refractivity contribution < 1.29 is 22.7 Å². The number of rotatable bonds is 3. The Balaban J connectivity index is 1.80. The lowest BCUT2D eigenvalue weighted by molar-refractivity contribution is -0.137. The van der Waals surface area contributed by atoms with Gasteiger partial charge in [-0.2, -0.15) is 13.2 Å². The number of carbonyl (C=O) groups excluding carboxylic acids is 1. The molecule has 0 N–H and O–H groups in total. The molecule has 158 valence electrons. The zero-order valence-electron chi connectivity index (χ0n) is 16.5. The Morgan fingerprint density at radius 3 is 2.45 bits per heavy atom. The van der Waals surface area contributed by atoms with E-state index in [-0.39, 0.29) is 6.04 Å². The number of ether oxygens (including phenoxy) is 1. The number of aryl methyl sites for hydroxylation is 1. The molecule has 0 radical (unpaired) electrons. The van der Waals surface area contributed by atoms with Gasteiger partial charge in [-0.25, -0.2) is 9.78 Å². The van der Waals surface area contributed by atoms with E-state index in [4.69, 9.17) is 4.74 Å². The number of aromatic nitrogens is 2. The third kappa shape index (κ3) is 5.23. The molecule has 1 aliphatic rings. The molecule has 0 aliphatic carbocycles. The number of halogens is 4. The minimum absolute atomic E-state index is 0.254. The lowest BCUT2D eigenvalue weighted by Crippen LogP contribution is -2.44. The van der Waals surface area contributed by atoms with E-state index in [2.05, 4.69) is 27.6 Å². The second-order valence-electron chi connectivity index (χ2n) is 8.04. The molecule has 0 saturated heterocycles. The molecule has 5 nitrogen and oxygen atoms in total. The summed E-state index contributed by atoms with van der Waals surface area (Å²) < 4.78 is 46.7. The standard InChI is InChI=1S/C20H23F3IN3O2/c1-19(2,3)29-18(28)27-11-10-26-12-25-17(24)16(26)15(27)9-6-13-4-7-14(8-5-13)20(21,22)23/h4-5,7-8,12,15H,6,9-11H2,1-3H3/t15-/m1/s1. The molecule has 3 rings (SSSR count). The molecular weight excluding hydrogens is 498 g/mol. The molecule has 0 spiro atoms. The Kier molecular flexibility index (Phi) is 6.16. The first-order valence-electron chi connectivity index (χ1n) is 9.32. The van der Waals surface area contributed by atoms with Gasteiger partial charge in [-0.15, -0.1) is 0 Å². The highest BCUT2D eigenvalue weighted by atomic mass is 127. The smallest absolute Gasteiger partial charge is 0.416 e. The van der Waals surface area contributed by atoms with Crippen LogP contribution in [0.5, 0.6) is 0 Å². The van der Waals surface area contributed by atoms with Gasteiger partial charge in [-0.1, -0.05) is 12.1 Å². The second kappa shape index (κ2) is 8.16. The van der Waals surface area contributed by atoms with Gasteiger partial charge in [0.15, 0.2) is 0 Å². The molecule has 1 atom stereocenters. The van der Waals surface area contributed by atoms with Crippen LogP contribution in [0.2, 0.25) is 0 Å². The zero-order valence-corrected chi connectivity index (χ0v) is 18.6. The summed E-state index contributed by atoms with van der Waals surface area (Å²) in [6.45, 7) is 6.58. The van der Waals surface area contributed by atoms with Gasteiger partial charge in [0.2, 0.25) is 0 Å². The van der Waals surface area contributed by atoms with Crippen LogP contribution >= 0.6 is 22.6 Å². The normalized spacial score (nSPS) is 17.2. The van der Waals surface area contributed by atoms with E-state index in [1.54, 1.807) is 11.2 Å². The predicted molar refractivity (Wildman–Crippen MR) is 110 cm³/mol. The van der Waals surface area contributed by atoms with Crippen LogP contribution in [0.25, 0.3) is 0 Å². The van der Waals surface area contributed by atoms with E-state index in [9.17, 15) is 18.0 Å². The number of benzene rings is 1. The third-order valence-corrected chi connectivity index (χ3v) is 5.55. The van der Waals surface area contributed by atoms with E-state index in [0.29, 0.717) is 25.9 Å². The minimum atomic E-state index is -4.35. The van der Waals surface area contributed by atoms with Crippen molar-refractivity contribution in [2.75, 3.05) is 6.54 Å². The molecular formula is C20H23F3IN3O2. The first-order chi connectivity index (χ1) is 13.5. The summed E-state index contributed by atoms with van der Waals surface area (Å²) in [5, 5.41) is 0. The molecule has 1 aliphatic heterocycles. The highest BCUT2D eigenvalue weighted by Gasteiger charge is 2.35. The monoisotopic (exact) mass is 521 g/mol. The maximum atomic E-state index is 12.8. The molecule has 0 saturated carbocycles. The van der Waals surface area contributed by atoms with Crippen molar-refractivity contribution in [2.24, 2.45) is 0 Å². The van der Waals surface area contributed by atoms with Crippen LogP contribution in [0.3, 0.4) is 0 Å². The molecule has 29 heavy (non-hydrogen) atoms. The molecule has 1 aromatic heterocycles. The van der Waals surface area contributed by atoms with Gasteiger partial charge in [-0.3, -0.25) is 4.90 Å². The van der Waals surface area contributed by atoms with E-state index in [0.717, 1.165) is 27.1 Å². The van der Waals surface area contributed by atoms with Gasteiger partial charge in [0.05, 0.1) is 23.6 Å². The molecule has 0 unspecified atom stereocenters. The maximum absolute atomic E-state index is 12.8. The molecule has 1 amide bonds. The van der Waals surface area contributed by atoms with Gasteiger partial charge in [-0.05, 0) is 73.9 Å². The van der Waals surface area contributed by atoms with E-state index < -0.39 is 23.4 Å². The fourth-order valence-corrected chi connectivity index (χ4v) is 4.18. The van der Waals surface area contributed by atoms with E-state index in [1.807, 2.05) is 25.3 Å². The number of hydrogen-bond donors (Lipinski definition) is 0. The van der Waals surface area contributed by atoms with Crippen LogP contribution in [0, 0.1) is 3.70 Å². The van der Waals surface area contributed by atoms with Crippen molar-refractivity contribution >= 4 is 28.7 Å². The van der Waals surface area contributed by atoms with Gasteiger partial charge in [0, 0.05) is 13.1 Å². The predicted octanol–water partition coefficient (Wildman–Crippen LogP) is 5.43. The van der Waals surface area contributed by atoms with Crippen molar-refractivity contribution in [3.63, 3.8) is 0 Å². The van der Waals surface area contributed by atoms with Gasteiger partial charge in [0.25, 0.3) is 0 Å². The number of nitrogens with zero attached hydrogens (tertiary/aromatic N) is 3. The topological polar surface area (TPSA) is 47.4 Å². The van der Waals surface area contributed by atoms with Crippen LogP contribution < -0.4 is 0 Å². The molecule has 1 aromatic carbocycles. The van der Waals surface area contributed by atoms with Crippen LogP contribution in [-0.4, -0.2) is 32.7 Å².